The largest absolute Gasteiger partial charge is 0.508 e. The van der Waals surface area contributed by atoms with E-state index in [1.54, 1.807) is 6.07 Å². The van der Waals surface area contributed by atoms with Gasteiger partial charge in [0.05, 0.1) is 18.4 Å². The number of fused-ring (bicyclic) bond motifs is 3. The second-order valence-electron chi connectivity index (χ2n) is 4.70. The van der Waals surface area contributed by atoms with Crippen molar-refractivity contribution in [1.82, 2.24) is 9.78 Å². The van der Waals surface area contributed by atoms with Crippen LogP contribution in [0.1, 0.15) is 18.1 Å². The second kappa shape index (κ2) is 3.60. The summed E-state index contributed by atoms with van der Waals surface area (Å²) in [6.45, 7) is 2.69. The zero-order valence-electron chi connectivity index (χ0n) is 9.72. The topological polar surface area (TPSA) is 64.1 Å². The molecule has 0 bridgehead atoms. The lowest BCUT2D eigenvalue weighted by molar-refractivity contribution is 0.475. The molecule has 1 aliphatic carbocycles. The Labute approximate surface area is 99.7 Å². The van der Waals surface area contributed by atoms with E-state index in [2.05, 4.69) is 5.10 Å². The van der Waals surface area contributed by atoms with Crippen molar-refractivity contribution in [3.63, 3.8) is 0 Å². The van der Waals surface area contributed by atoms with Gasteiger partial charge in [0.25, 0.3) is 0 Å². The Hall–Kier alpha value is -1.81. The number of hydrogen-bond donors (Lipinski definition) is 2. The van der Waals surface area contributed by atoms with Crippen molar-refractivity contribution in [2.24, 2.45) is 5.73 Å². The van der Waals surface area contributed by atoms with Gasteiger partial charge in [0, 0.05) is 23.6 Å². The molecular formula is C13H15N3O. The molecule has 4 heteroatoms. The van der Waals surface area contributed by atoms with Crippen LogP contribution < -0.4 is 5.73 Å². The van der Waals surface area contributed by atoms with E-state index in [1.165, 1.54) is 5.56 Å². The number of nitrogens with zero attached hydrogens (tertiary/aromatic N) is 2. The summed E-state index contributed by atoms with van der Waals surface area (Å²) in [7, 11) is 0. The third kappa shape index (κ3) is 1.61. The molecule has 1 heterocycles. The highest BCUT2D eigenvalue weighted by Gasteiger charge is 2.23. The maximum atomic E-state index is 9.49. The Bertz CT molecular complexity index is 572. The van der Waals surface area contributed by atoms with Gasteiger partial charge in [0.15, 0.2) is 0 Å². The lowest BCUT2D eigenvalue weighted by Gasteiger charge is -2.09. The summed E-state index contributed by atoms with van der Waals surface area (Å²) in [5.41, 5.74) is 10.5. The van der Waals surface area contributed by atoms with E-state index < -0.39 is 0 Å². The first-order valence-corrected chi connectivity index (χ1v) is 5.77. The number of rotatable bonds is 2. The first-order chi connectivity index (χ1) is 8.15. The fourth-order valence-corrected chi connectivity index (χ4v) is 2.44. The smallest absolute Gasteiger partial charge is 0.115 e. The van der Waals surface area contributed by atoms with Crippen molar-refractivity contribution in [2.45, 2.75) is 25.9 Å². The van der Waals surface area contributed by atoms with Gasteiger partial charge in [-0.05, 0) is 30.7 Å². The summed E-state index contributed by atoms with van der Waals surface area (Å²) in [6.07, 6.45) is 2.74. The van der Waals surface area contributed by atoms with Crippen LogP contribution in [-0.4, -0.2) is 20.9 Å². The highest BCUT2D eigenvalue weighted by atomic mass is 16.3. The summed E-state index contributed by atoms with van der Waals surface area (Å²) >= 11 is 0. The van der Waals surface area contributed by atoms with Crippen molar-refractivity contribution >= 4 is 0 Å². The van der Waals surface area contributed by atoms with Crippen LogP contribution in [0.3, 0.4) is 0 Å². The van der Waals surface area contributed by atoms with Gasteiger partial charge in [0.2, 0.25) is 0 Å². The summed E-state index contributed by atoms with van der Waals surface area (Å²) < 4.78 is 1.96. The fourth-order valence-electron chi connectivity index (χ4n) is 2.44. The molecule has 2 aromatic rings. The molecular weight excluding hydrogens is 214 g/mol. The molecule has 0 saturated heterocycles. The van der Waals surface area contributed by atoms with E-state index in [1.807, 2.05) is 29.9 Å². The number of phenolic OH excluding ortho intramolecular Hbond substituents is 1. The quantitative estimate of drug-likeness (QED) is 0.700. The fraction of sp³-hybridized carbons (Fsp3) is 0.308. The normalized spacial score (nSPS) is 14.5. The Morgan fingerprint density at radius 1 is 1.47 bits per heavy atom. The van der Waals surface area contributed by atoms with Gasteiger partial charge in [-0.3, -0.25) is 4.68 Å². The Kier molecular flexibility index (Phi) is 2.19. The Morgan fingerprint density at radius 2 is 2.29 bits per heavy atom. The molecule has 4 nitrogen and oxygen atoms in total. The maximum absolute atomic E-state index is 9.49. The first kappa shape index (κ1) is 10.4. The lowest BCUT2D eigenvalue weighted by Crippen LogP contribution is -2.23. The molecule has 0 amide bonds. The van der Waals surface area contributed by atoms with Gasteiger partial charge in [-0.2, -0.15) is 5.10 Å². The SMILES string of the molecule is C[C@@H](N)Cn1ncc2c1-c1ccc(O)cc1C2. The highest BCUT2D eigenvalue weighted by molar-refractivity contribution is 5.74. The number of phenols is 1. The molecule has 1 atom stereocenters. The molecule has 0 radical (unpaired) electrons. The number of hydrogen-bond acceptors (Lipinski definition) is 3. The summed E-state index contributed by atoms with van der Waals surface area (Å²) in [4.78, 5) is 0. The zero-order chi connectivity index (χ0) is 12.0. The number of aromatic hydroxyl groups is 1. The van der Waals surface area contributed by atoms with Crippen molar-refractivity contribution < 1.29 is 5.11 Å². The van der Waals surface area contributed by atoms with E-state index in [9.17, 15) is 5.11 Å². The van der Waals surface area contributed by atoms with Gasteiger partial charge in [-0.25, -0.2) is 0 Å². The molecule has 1 aliphatic rings. The van der Waals surface area contributed by atoms with Crippen LogP contribution in [0.4, 0.5) is 0 Å². The average molecular weight is 229 g/mol. The van der Waals surface area contributed by atoms with Crippen LogP contribution in [-0.2, 0) is 13.0 Å². The number of aromatic nitrogens is 2. The second-order valence-corrected chi connectivity index (χ2v) is 4.70. The Balaban J connectivity index is 2.10. The van der Waals surface area contributed by atoms with Crippen molar-refractivity contribution in [3.8, 4) is 17.0 Å². The minimum Gasteiger partial charge on any atom is -0.508 e. The molecule has 0 fully saturated rings. The lowest BCUT2D eigenvalue weighted by atomic mass is 10.1. The van der Waals surface area contributed by atoms with Crippen LogP contribution in [0, 0.1) is 0 Å². The maximum Gasteiger partial charge on any atom is 0.115 e. The minimum atomic E-state index is 0.0835. The van der Waals surface area contributed by atoms with Crippen LogP contribution in [0.5, 0.6) is 5.75 Å². The van der Waals surface area contributed by atoms with E-state index in [-0.39, 0.29) is 6.04 Å². The predicted molar refractivity (Wildman–Crippen MR) is 65.8 cm³/mol. The highest BCUT2D eigenvalue weighted by Crippen LogP contribution is 2.37. The van der Waals surface area contributed by atoms with E-state index in [0.29, 0.717) is 5.75 Å². The number of benzene rings is 1. The van der Waals surface area contributed by atoms with Crippen LogP contribution in [0.2, 0.25) is 0 Å². The molecule has 0 spiro atoms. The average Bonchev–Trinajstić information content (AvgIpc) is 2.77. The molecule has 0 aliphatic heterocycles. The van der Waals surface area contributed by atoms with E-state index in [0.717, 1.165) is 29.8 Å². The van der Waals surface area contributed by atoms with Crippen LogP contribution in [0.15, 0.2) is 24.4 Å². The van der Waals surface area contributed by atoms with Crippen molar-refractivity contribution in [3.05, 3.63) is 35.5 Å². The molecule has 17 heavy (non-hydrogen) atoms. The standard InChI is InChI=1S/C13H15N3O/c1-8(14)7-16-13-10(6-15-16)4-9-5-11(17)2-3-12(9)13/h2-3,5-6,8,17H,4,7,14H2,1H3/t8-/m1/s1. The van der Waals surface area contributed by atoms with E-state index in [4.69, 9.17) is 5.73 Å². The minimum absolute atomic E-state index is 0.0835. The van der Waals surface area contributed by atoms with E-state index >= 15 is 0 Å². The van der Waals surface area contributed by atoms with Gasteiger partial charge in [-0.15, -0.1) is 0 Å². The zero-order valence-corrected chi connectivity index (χ0v) is 9.72. The van der Waals surface area contributed by atoms with Gasteiger partial charge >= 0.3 is 0 Å². The summed E-state index contributed by atoms with van der Waals surface area (Å²) in [5.74, 6) is 0.320. The monoisotopic (exact) mass is 229 g/mol. The van der Waals surface area contributed by atoms with Crippen LogP contribution >= 0.6 is 0 Å². The summed E-state index contributed by atoms with van der Waals surface area (Å²) in [5, 5.41) is 13.9. The molecule has 3 N–H and O–H groups in total. The van der Waals surface area contributed by atoms with Gasteiger partial charge < -0.3 is 10.8 Å². The van der Waals surface area contributed by atoms with Crippen molar-refractivity contribution in [1.29, 1.82) is 0 Å². The van der Waals surface area contributed by atoms with Gasteiger partial charge in [0.1, 0.15) is 5.75 Å². The molecule has 0 unspecified atom stereocenters. The molecule has 88 valence electrons. The van der Waals surface area contributed by atoms with Gasteiger partial charge in [-0.1, -0.05) is 0 Å². The Morgan fingerprint density at radius 3 is 3.06 bits per heavy atom. The molecule has 1 aromatic carbocycles. The number of nitrogens with two attached hydrogens (primary N) is 1. The molecule has 0 saturated carbocycles. The summed E-state index contributed by atoms with van der Waals surface area (Å²) in [6, 6.07) is 5.58. The third-order valence-corrected chi connectivity index (χ3v) is 3.10. The molecule has 1 aromatic heterocycles. The first-order valence-electron chi connectivity index (χ1n) is 5.77. The van der Waals surface area contributed by atoms with Crippen LogP contribution in [0.25, 0.3) is 11.3 Å². The predicted octanol–water partition coefficient (Wildman–Crippen LogP) is 1.51. The third-order valence-electron chi connectivity index (χ3n) is 3.10. The molecule has 3 rings (SSSR count). The van der Waals surface area contributed by atoms with Crippen molar-refractivity contribution in [2.75, 3.05) is 0 Å².